The monoisotopic (exact) mass is 269 g/mol. The second-order valence-electron chi connectivity index (χ2n) is 4.60. The van der Waals surface area contributed by atoms with E-state index in [1.54, 1.807) is 4.68 Å². The van der Waals surface area contributed by atoms with Gasteiger partial charge in [-0.3, -0.25) is 14.6 Å². The number of carbonyl (C=O) groups is 1. The molecule has 6 nitrogen and oxygen atoms in total. The number of hydrogen-bond acceptors (Lipinski definition) is 3. The first-order valence-corrected chi connectivity index (χ1v) is 6.44. The zero-order valence-corrected chi connectivity index (χ0v) is 11.1. The Kier molecular flexibility index (Phi) is 3.20. The number of nitrogens with one attached hydrogen (secondary N) is 2. The lowest BCUT2D eigenvalue weighted by molar-refractivity contribution is 0.0950. The number of aryl methyl sites for hydroxylation is 1. The van der Waals surface area contributed by atoms with Crippen LogP contribution < -0.4 is 5.32 Å². The van der Waals surface area contributed by atoms with Gasteiger partial charge in [0.2, 0.25) is 0 Å². The van der Waals surface area contributed by atoms with Gasteiger partial charge in [0.25, 0.3) is 5.91 Å². The van der Waals surface area contributed by atoms with E-state index in [1.165, 1.54) is 0 Å². The molecule has 3 rings (SSSR count). The third-order valence-corrected chi connectivity index (χ3v) is 3.12. The number of H-pyrrole nitrogens is 1. The van der Waals surface area contributed by atoms with E-state index in [0.717, 1.165) is 16.6 Å². The van der Waals surface area contributed by atoms with Gasteiger partial charge in [-0.2, -0.15) is 10.2 Å². The lowest BCUT2D eigenvalue weighted by Crippen LogP contribution is -2.26. The number of para-hydroxylation sites is 1. The summed E-state index contributed by atoms with van der Waals surface area (Å²) in [6.07, 6.45) is 2.59. The molecule has 2 aromatic heterocycles. The fourth-order valence-electron chi connectivity index (χ4n) is 2.12. The largest absolute Gasteiger partial charge is 0.350 e. The van der Waals surface area contributed by atoms with Gasteiger partial charge in [0, 0.05) is 31.6 Å². The summed E-state index contributed by atoms with van der Waals surface area (Å²) >= 11 is 0. The topological polar surface area (TPSA) is 75.6 Å². The Morgan fingerprint density at radius 2 is 2.20 bits per heavy atom. The van der Waals surface area contributed by atoms with E-state index < -0.39 is 0 Å². The van der Waals surface area contributed by atoms with E-state index in [9.17, 15) is 4.79 Å². The summed E-state index contributed by atoms with van der Waals surface area (Å²) in [5.41, 5.74) is 2.25. The minimum Gasteiger partial charge on any atom is -0.350 e. The zero-order valence-electron chi connectivity index (χ0n) is 11.1. The number of aromatic amines is 1. The molecule has 2 N–H and O–H groups in total. The van der Waals surface area contributed by atoms with Crippen LogP contribution in [0.2, 0.25) is 0 Å². The molecule has 1 amide bonds. The van der Waals surface area contributed by atoms with Crippen LogP contribution in [0.1, 0.15) is 16.2 Å². The Morgan fingerprint density at radius 1 is 1.35 bits per heavy atom. The van der Waals surface area contributed by atoms with Gasteiger partial charge in [-0.05, 0) is 12.1 Å². The Balaban J connectivity index is 1.64. The van der Waals surface area contributed by atoms with Crippen LogP contribution >= 0.6 is 0 Å². The van der Waals surface area contributed by atoms with Gasteiger partial charge < -0.3 is 5.32 Å². The summed E-state index contributed by atoms with van der Waals surface area (Å²) < 4.78 is 1.75. The molecule has 0 bridgehead atoms. The second kappa shape index (κ2) is 5.16. The van der Waals surface area contributed by atoms with Crippen molar-refractivity contribution in [1.82, 2.24) is 25.3 Å². The highest BCUT2D eigenvalue weighted by atomic mass is 16.1. The number of rotatable bonds is 4. The van der Waals surface area contributed by atoms with Crippen molar-refractivity contribution in [1.29, 1.82) is 0 Å². The molecule has 6 heteroatoms. The van der Waals surface area contributed by atoms with Crippen molar-refractivity contribution >= 4 is 16.8 Å². The van der Waals surface area contributed by atoms with E-state index in [2.05, 4.69) is 20.6 Å². The molecule has 0 saturated carbocycles. The van der Waals surface area contributed by atoms with Crippen LogP contribution in [0, 0.1) is 0 Å². The quantitative estimate of drug-likeness (QED) is 0.749. The van der Waals surface area contributed by atoms with Crippen LogP contribution in [-0.2, 0) is 13.5 Å². The molecule has 1 aromatic carbocycles. The van der Waals surface area contributed by atoms with E-state index in [0.29, 0.717) is 18.7 Å². The average molecular weight is 269 g/mol. The van der Waals surface area contributed by atoms with Gasteiger partial charge in [0.05, 0.1) is 11.2 Å². The molecule has 2 heterocycles. The maximum absolute atomic E-state index is 12.1. The molecule has 0 aliphatic carbocycles. The standard InChI is InChI=1S/C14H15N5O/c1-19-9-7-10(18-19)6-8-15-14(20)13-11-4-2-3-5-12(11)16-17-13/h2-5,7,9H,6,8H2,1H3,(H,15,20)(H,16,17). The molecule has 0 spiro atoms. The fraction of sp³-hybridized carbons (Fsp3) is 0.214. The normalized spacial score (nSPS) is 10.8. The van der Waals surface area contributed by atoms with Crippen LogP contribution in [0.25, 0.3) is 10.9 Å². The smallest absolute Gasteiger partial charge is 0.272 e. The second-order valence-corrected chi connectivity index (χ2v) is 4.60. The summed E-state index contributed by atoms with van der Waals surface area (Å²) in [6.45, 7) is 0.539. The number of hydrogen-bond donors (Lipinski definition) is 2. The maximum atomic E-state index is 12.1. The van der Waals surface area contributed by atoms with Gasteiger partial charge >= 0.3 is 0 Å². The Morgan fingerprint density at radius 3 is 3.00 bits per heavy atom. The van der Waals surface area contributed by atoms with Crippen molar-refractivity contribution in [2.45, 2.75) is 6.42 Å². The number of benzene rings is 1. The van der Waals surface area contributed by atoms with Gasteiger partial charge in [-0.1, -0.05) is 18.2 Å². The van der Waals surface area contributed by atoms with Crippen molar-refractivity contribution in [2.75, 3.05) is 6.54 Å². The highest BCUT2D eigenvalue weighted by Gasteiger charge is 2.13. The summed E-state index contributed by atoms with van der Waals surface area (Å²) in [7, 11) is 1.87. The van der Waals surface area contributed by atoms with Crippen LogP contribution in [0.5, 0.6) is 0 Å². The molecule has 102 valence electrons. The van der Waals surface area contributed by atoms with Crippen molar-refractivity contribution < 1.29 is 4.79 Å². The van der Waals surface area contributed by atoms with Crippen LogP contribution in [-0.4, -0.2) is 32.4 Å². The molecule has 0 aliphatic heterocycles. The third-order valence-electron chi connectivity index (χ3n) is 3.12. The third kappa shape index (κ3) is 2.40. The van der Waals surface area contributed by atoms with Crippen molar-refractivity contribution in [3.05, 3.63) is 47.9 Å². The molecular weight excluding hydrogens is 254 g/mol. The molecule has 0 unspecified atom stereocenters. The number of carbonyl (C=O) groups excluding carboxylic acids is 1. The lowest BCUT2D eigenvalue weighted by atomic mass is 10.2. The molecule has 0 radical (unpaired) electrons. The molecule has 0 atom stereocenters. The zero-order chi connectivity index (χ0) is 13.9. The van der Waals surface area contributed by atoms with Gasteiger partial charge in [0.15, 0.2) is 5.69 Å². The SMILES string of the molecule is Cn1ccc(CCNC(=O)c2n[nH]c3ccccc23)n1. The minimum absolute atomic E-state index is 0.168. The van der Waals surface area contributed by atoms with Crippen molar-refractivity contribution in [3.63, 3.8) is 0 Å². The molecule has 0 fully saturated rings. The highest BCUT2D eigenvalue weighted by Crippen LogP contribution is 2.14. The summed E-state index contributed by atoms with van der Waals surface area (Å²) in [4.78, 5) is 12.1. The van der Waals surface area contributed by atoms with Crippen molar-refractivity contribution in [3.8, 4) is 0 Å². The van der Waals surface area contributed by atoms with Crippen LogP contribution in [0.3, 0.4) is 0 Å². The Hall–Kier alpha value is -2.63. The summed E-state index contributed by atoms with van der Waals surface area (Å²) in [5.74, 6) is -0.168. The number of aromatic nitrogens is 4. The first kappa shape index (κ1) is 12.4. The molecule has 0 saturated heterocycles. The summed E-state index contributed by atoms with van der Waals surface area (Å²) in [5, 5.41) is 14.9. The van der Waals surface area contributed by atoms with Gasteiger partial charge in [-0.15, -0.1) is 0 Å². The molecule has 20 heavy (non-hydrogen) atoms. The first-order chi connectivity index (χ1) is 9.74. The van der Waals surface area contributed by atoms with E-state index in [-0.39, 0.29) is 5.91 Å². The fourth-order valence-corrected chi connectivity index (χ4v) is 2.12. The van der Waals surface area contributed by atoms with Crippen molar-refractivity contribution in [2.24, 2.45) is 7.05 Å². The van der Waals surface area contributed by atoms with Gasteiger partial charge in [-0.25, -0.2) is 0 Å². The van der Waals surface area contributed by atoms with E-state index in [4.69, 9.17) is 0 Å². The van der Waals surface area contributed by atoms with Crippen LogP contribution in [0.4, 0.5) is 0 Å². The number of fused-ring (bicyclic) bond motifs is 1. The molecule has 3 aromatic rings. The van der Waals surface area contributed by atoms with E-state index in [1.807, 2.05) is 43.6 Å². The predicted octanol–water partition coefficient (Wildman–Crippen LogP) is 1.27. The summed E-state index contributed by atoms with van der Waals surface area (Å²) in [6, 6.07) is 9.52. The Bertz CT molecular complexity index is 743. The van der Waals surface area contributed by atoms with Crippen LogP contribution in [0.15, 0.2) is 36.5 Å². The van der Waals surface area contributed by atoms with E-state index >= 15 is 0 Å². The Labute approximate surface area is 115 Å². The molecule has 0 aliphatic rings. The maximum Gasteiger partial charge on any atom is 0.272 e. The first-order valence-electron chi connectivity index (χ1n) is 6.44. The average Bonchev–Trinajstić information content (AvgIpc) is 3.05. The predicted molar refractivity (Wildman–Crippen MR) is 75.3 cm³/mol. The lowest BCUT2D eigenvalue weighted by Gasteiger charge is -2.01. The number of nitrogens with zero attached hydrogens (tertiary/aromatic N) is 3. The highest BCUT2D eigenvalue weighted by molar-refractivity contribution is 6.04. The molecular formula is C14H15N5O. The van der Waals surface area contributed by atoms with Gasteiger partial charge in [0.1, 0.15) is 0 Å². The number of amides is 1. The minimum atomic E-state index is -0.168.